The summed E-state index contributed by atoms with van der Waals surface area (Å²) in [6.07, 6.45) is 0.872. The minimum absolute atomic E-state index is 0.577. The van der Waals surface area contributed by atoms with Crippen LogP contribution < -0.4 is 15.6 Å². The number of nitrogens with zero attached hydrogens (tertiary/aromatic N) is 4. The van der Waals surface area contributed by atoms with Crippen LogP contribution in [0.2, 0.25) is 0 Å². The van der Waals surface area contributed by atoms with E-state index in [9.17, 15) is 0 Å². The highest BCUT2D eigenvalue weighted by Gasteiger charge is 2.24. The topological polar surface area (TPSA) is 79.4 Å². The van der Waals surface area contributed by atoms with Crippen LogP contribution in [0.1, 0.15) is 30.9 Å². The average molecular weight is 252 g/mol. The number of anilines is 1. The van der Waals surface area contributed by atoms with Crippen LogP contribution in [0.3, 0.4) is 0 Å². The second-order valence-corrected chi connectivity index (χ2v) is 4.43. The third-order valence-electron chi connectivity index (χ3n) is 2.60. The molecule has 0 amide bonds. The van der Waals surface area contributed by atoms with E-state index in [1.165, 1.54) is 12.1 Å². The molecule has 3 N–H and O–H groups in total. The fourth-order valence-corrected chi connectivity index (χ4v) is 2.33. The first-order chi connectivity index (χ1) is 8.21. The van der Waals surface area contributed by atoms with Crippen LogP contribution >= 0.6 is 12.1 Å². The van der Waals surface area contributed by atoms with Gasteiger partial charge in [0.25, 0.3) is 0 Å². The van der Waals surface area contributed by atoms with Gasteiger partial charge >= 0.3 is 0 Å². The van der Waals surface area contributed by atoms with Gasteiger partial charge in [0.2, 0.25) is 0 Å². The fraction of sp³-hybridized carbons (Fsp3) is 0.500. The molecule has 1 aromatic heterocycles. The molecule has 2 heterocycles. The van der Waals surface area contributed by atoms with Crippen molar-refractivity contribution in [3.05, 3.63) is 17.1 Å². The molecule has 0 aromatic carbocycles. The summed E-state index contributed by atoms with van der Waals surface area (Å²) in [7, 11) is 0. The molecule has 0 bridgehead atoms. The van der Waals surface area contributed by atoms with Gasteiger partial charge < -0.3 is 5.43 Å². The Kier molecular flexibility index (Phi) is 3.49. The minimum Gasteiger partial charge on any atom is -0.306 e. The molecule has 92 valence electrons. The zero-order valence-corrected chi connectivity index (χ0v) is 11.0. The summed E-state index contributed by atoms with van der Waals surface area (Å²) >= 11 is 1.34. The van der Waals surface area contributed by atoms with Gasteiger partial charge in [-0.2, -0.15) is 4.40 Å². The van der Waals surface area contributed by atoms with E-state index in [0.717, 1.165) is 35.9 Å². The standard InChI is InChI=1S/C10H16N6S/c1-4-7-6(3)12-8-9(14-11)15-17-16(5-2)10(8)13-7/h4-5,11H2,1-3H3,(H,14,15). The number of aryl methyl sites for hydroxylation is 2. The molecule has 7 heteroatoms. The molecule has 0 spiro atoms. The molecule has 0 aliphatic carbocycles. The summed E-state index contributed by atoms with van der Waals surface area (Å²) in [5.41, 5.74) is 5.24. The summed E-state index contributed by atoms with van der Waals surface area (Å²) in [4.78, 5) is 9.19. The molecule has 17 heavy (non-hydrogen) atoms. The van der Waals surface area contributed by atoms with Crippen molar-refractivity contribution in [2.45, 2.75) is 27.2 Å². The summed E-state index contributed by atoms with van der Waals surface area (Å²) in [6.45, 7) is 6.91. The highest BCUT2D eigenvalue weighted by atomic mass is 32.2. The Hall–Kier alpha value is -1.34. The quantitative estimate of drug-likeness (QED) is 0.463. The molecule has 2 rings (SSSR count). The van der Waals surface area contributed by atoms with Crippen LogP contribution in [-0.4, -0.2) is 22.3 Å². The van der Waals surface area contributed by atoms with Gasteiger partial charge in [-0.1, -0.05) is 6.92 Å². The van der Waals surface area contributed by atoms with Gasteiger partial charge in [-0.05, 0) is 20.3 Å². The van der Waals surface area contributed by atoms with Gasteiger partial charge in [0, 0.05) is 6.54 Å². The Bertz CT molecular complexity index is 458. The van der Waals surface area contributed by atoms with Gasteiger partial charge in [0.05, 0.1) is 23.5 Å². The van der Waals surface area contributed by atoms with E-state index >= 15 is 0 Å². The van der Waals surface area contributed by atoms with Crippen molar-refractivity contribution in [1.29, 1.82) is 0 Å². The number of nitrogens with two attached hydrogens (primary N) is 1. The number of hydrogen-bond donors (Lipinski definition) is 2. The molecule has 1 aromatic rings. The van der Waals surface area contributed by atoms with E-state index in [4.69, 9.17) is 5.84 Å². The molecule has 0 saturated carbocycles. The van der Waals surface area contributed by atoms with Crippen molar-refractivity contribution in [2.75, 3.05) is 10.8 Å². The lowest BCUT2D eigenvalue weighted by atomic mass is 10.2. The number of aromatic nitrogens is 2. The van der Waals surface area contributed by atoms with E-state index in [1.807, 2.05) is 11.2 Å². The molecule has 0 fully saturated rings. The van der Waals surface area contributed by atoms with Crippen LogP contribution in [0.25, 0.3) is 0 Å². The molecule has 6 nitrogen and oxygen atoms in total. The number of amidine groups is 1. The first-order valence-electron chi connectivity index (χ1n) is 5.58. The Morgan fingerprint density at radius 1 is 1.35 bits per heavy atom. The van der Waals surface area contributed by atoms with Crippen molar-refractivity contribution in [3.8, 4) is 0 Å². The second-order valence-electron chi connectivity index (χ2n) is 3.64. The molecule has 0 radical (unpaired) electrons. The maximum absolute atomic E-state index is 5.45. The number of hydrogen-bond acceptors (Lipinski definition) is 7. The van der Waals surface area contributed by atoms with Crippen molar-refractivity contribution < 1.29 is 0 Å². The third-order valence-corrected chi connectivity index (χ3v) is 3.49. The normalized spacial score (nSPS) is 14.4. The molecule has 0 atom stereocenters. The maximum atomic E-state index is 5.45. The molecule has 1 aliphatic rings. The highest BCUT2D eigenvalue weighted by Crippen LogP contribution is 2.30. The van der Waals surface area contributed by atoms with E-state index in [0.29, 0.717) is 5.84 Å². The second kappa shape index (κ2) is 4.89. The maximum Gasteiger partial charge on any atom is 0.179 e. The zero-order chi connectivity index (χ0) is 12.4. The summed E-state index contributed by atoms with van der Waals surface area (Å²) in [5.74, 6) is 6.86. The molecule has 1 aliphatic heterocycles. The Morgan fingerprint density at radius 2 is 2.12 bits per heavy atom. The van der Waals surface area contributed by atoms with Gasteiger partial charge in [-0.3, -0.25) is 4.31 Å². The SMILES string of the molecule is CCc1nc2c(nc1C)C(NN)=NSN2CC. The fourth-order valence-electron chi connectivity index (χ4n) is 1.69. The minimum atomic E-state index is 0.577. The van der Waals surface area contributed by atoms with Gasteiger partial charge in [0.1, 0.15) is 0 Å². The first kappa shape index (κ1) is 12.1. The largest absolute Gasteiger partial charge is 0.306 e. The van der Waals surface area contributed by atoms with Crippen molar-refractivity contribution in [3.63, 3.8) is 0 Å². The van der Waals surface area contributed by atoms with E-state index < -0.39 is 0 Å². The van der Waals surface area contributed by atoms with Crippen LogP contribution in [0, 0.1) is 6.92 Å². The van der Waals surface area contributed by atoms with Crippen LogP contribution in [0.5, 0.6) is 0 Å². The van der Waals surface area contributed by atoms with Crippen LogP contribution in [0.15, 0.2) is 4.40 Å². The average Bonchev–Trinajstić information content (AvgIpc) is 2.36. The highest BCUT2D eigenvalue weighted by molar-refractivity contribution is 7.99. The number of rotatable bonds is 2. The lowest BCUT2D eigenvalue weighted by Crippen LogP contribution is -2.36. The van der Waals surface area contributed by atoms with E-state index in [-0.39, 0.29) is 0 Å². The van der Waals surface area contributed by atoms with Crippen LogP contribution in [-0.2, 0) is 6.42 Å². The number of hydrazine groups is 1. The van der Waals surface area contributed by atoms with E-state index in [1.54, 1.807) is 0 Å². The number of nitrogens with one attached hydrogen (secondary N) is 1. The molecular weight excluding hydrogens is 236 g/mol. The third kappa shape index (κ3) is 2.07. The molecule has 0 unspecified atom stereocenters. The first-order valence-corrected chi connectivity index (χ1v) is 6.31. The van der Waals surface area contributed by atoms with Crippen molar-refractivity contribution in [2.24, 2.45) is 10.2 Å². The zero-order valence-electron chi connectivity index (χ0n) is 10.2. The van der Waals surface area contributed by atoms with E-state index in [2.05, 4.69) is 33.6 Å². The van der Waals surface area contributed by atoms with Crippen molar-refractivity contribution >= 4 is 23.8 Å². The molecular formula is C10H16N6S. The molecule has 0 saturated heterocycles. The predicted octanol–water partition coefficient (Wildman–Crippen LogP) is 0.960. The summed E-state index contributed by atoms with van der Waals surface area (Å²) in [6, 6.07) is 0. The Balaban J connectivity index is 2.56. The Labute approximate surface area is 105 Å². The van der Waals surface area contributed by atoms with Gasteiger partial charge in [-0.25, -0.2) is 15.8 Å². The van der Waals surface area contributed by atoms with Gasteiger partial charge in [0.15, 0.2) is 17.3 Å². The van der Waals surface area contributed by atoms with Gasteiger partial charge in [-0.15, -0.1) is 0 Å². The predicted molar refractivity (Wildman–Crippen MR) is 70.6 cm³/mol. The smallest absolute Gasteiger partial charge is 0.179 e. The summed E-state index contributed by atoms with van der Waals surface area (Å²) < 4.78 is 6.26. The van der Waals surface area contributed by atoms with Crippen LogP contribution in [0.4, 0.5) is 5.82 Å². The lowest BCUT2D eigenvalue weighted by Gasteiger charge is -2.25. The lowest BCUT2D eigenvalue weighted by molar-refractivity contribution is 0.912. The monoisotopic (exact) mass is 252 g/mol. The van der Waals surface area contributed by atoms with Crippen molar-refractivity contribution in [1.82, 2.24) is 15.4 Å². The summed E-state index contributed by atoms with van der Waals surface area (Å²) in [5, 5.41) is 0. The Morgan fingerprint density at radius 3 is 2.71 bits per heavy atom. The number of fused-ring (bicyclic) bond motifs is 1.